The van der Waals surface area contributed by atoms with Crippen LogP contribution in [0.3, 0.4) is 0 Å². The lowest BCUT2D eigenvalue weighted by Crippen LogP contribution is -2.33. The fourth-order valence-electron chi connectivity index (χ4n) is 2.84. The van der Waals surface area contributed by atoms with Gasteiger partial charge in [-0.15, -0.1) is 0 Å². The number of hydrogen-bond donors (Lipinski definition) is 0. The van der Waals surface area contributed by atoms with Gasteiger partial charge in [0.15, 0.2) is 0 Å². The smallest absolute Gasteiger partial charge is 0.259 e. The molecule has 0 spiro atoms. The van der Waals surface area contributed by atoms with Crippen molar-refractivity contribution in [3.63, 3.8) is 0 Å². The van der Waals surface area contributed by atoms with Crippen molar-refractivity contribution in [2.45, 2.75) is 71.9 Å². The van der Waals surface area contributed by atoms with E-state index in [0.717, 1.165) is 37.0 Å². The van der Waals surface area contributed by atoms with Crippen LogP contribution in [0, 0.1) is 11.3 Å². The summed E-state index contributed by atoms with van der Waals surface area (Å²) in [6.45, 7) is 9.62. The number of rotatable bonds is 15. The van der Waals surface area contributed by atoms with Crippen LogP contribution in [-0.2, 0) is 9.05 Å². The Morgan fingerprint density at radius 2 is 1.66 bits per heavy atom. The van der Waals surface area contributed by atoms with Crippen LogP contribution in [0.1, 0.15) is 70.2 Å². The minimum atomic E-state index is -1.14. The average Bonchev–Trinajstić information content (AvgIpc) is 2.69. The van der Waals surface area contributed by atoms with Crippen LogP contribution in [0.4, 0.5) is 0 Å². The number of carbonyl (C=O) groups is 1. The summed E-state index contributed by atoms with van der Waals surface area (Å²) in [5, 5.41) is 8.90. The molecule has 1 unspecified atom stereocenters. The molecule has 0 saturated heterocycles. The van der Waals surface area contributed by atoms with E-state index in [1.807, 2.05) is 30.3 Å². The second-order valence-corrected chi connectivity index (χ2v) is 9.82. The SMILES string of the molecule is CC(C)N(C(C)C)P(OCCC#N)OCCCCCCSC(=O)c1ccccc1. The van der Waals surface area contributed by atoms with Gasteiger partial charge >= 0.3 is 0 Å². The van der Waals surface area contributed by atoms with Crippen LogP contribution in [0.5, 0.6) is 0 Å². The quantitative estimate of drug-likeness (QED) is 0.233. The van der Waals surface area contributed by atoms with Gasteiger partial charge in [0.25, 0.3) is 8.53 Å². The number of thioether (sulfide) groups is 1. The van der Waals surface area contributed by atoms with Gasteiger partial charge in [-0.05, 0) is 40.5 Å². The van der Waals surface area contributed by atoms with Crippen LogP contribution in [0.25, 0.3) is 0 Å². The molecule has 0 saturated carbocycles. The Balaban J connectivity index is 2.23. The fourth-order valence-corrected chi connectivity index (χ4v) is 5.30. The van der Waals surface area contributed by atoms with Gasteiger partial charge in [0.05, 0.1) is 25.7 Å². The fraction of sp³-hybridized carbons (Fsp3) is 0.636. The molecule has 162 valence electrons. The molecule has 0 N–H and O–H groups in total. The summed E-state index contributed by atoms with van der Waals surface area (Å²) in [6, 6.07) is 12.2. The van der Waals surface area contributed by atoms with E-state index in [4.69, 9.17) is 14.3 Å². The lowest BCUT2D eigenvalue weighted by Gasteiger charge is -2.35. The molecular weight excluding hydrogens is 403 g/mol. The lowest BCUT2D eigenvalue weighted by molar-refractivity contribution is 0.108. The number of unbranched alkanes of at least 4 members (excludes halogenated alkanes) is 3. The van der Waals surface area contributed by atoms with Gasteiger partial charge in [-0.1, -0.05) is 54.9 Å². The van der Waals surface area contributed by atoms with Gasteiger partial charge in [0, 0.05) is 23.4 Å². The average molecular weight is 439 g/mol. The third-order valence-corrected chi connectivity index (χ3v) is 7.24. The zero-order valence-electron chi connectivity index (χ0n) is 18.2. The third-order valence-electron chi connectivity index (χ3n) is 4.15. The van der Waals surface area contributed by atoms with E-state index in [9.17, 15) is 4.79 Å². The van der Waals surface area contributed by atoms with Gasteiger partial charge in [0.2, 0.25) is 5.12 Å². The minimum Gasteiger partial charge on any atom is -0.322 e. The highest BCUT2D eigenvalue weighted by molar-refractivity contribution is 8.14. The number of nitriles is 1. The van der Waals surface area contributed by atoms with Gasteiger partial charge in [-0.3, -0.25) is 4.79 Å². The maximum absolute atomic E-state index is 12.0. The summed E-state index contributed by atoms with van der Waals surface area (Å²) in [7, 11) is -1.14. The molecule has 0 heterocycles. The van der Waals surface area contributed by atoms with Crippen molar-refractivity contribution in [1.29, 1.82) is 5.26 Å². The van der Waals surface area contributed by atoms with E-state index in [0.29, 0.717) is 31.7 Å². The zero-order chi connectivity index (χ0) is 21.5. The molecule has 0 bridgehead atoms. The number of nitrogens with zero attached hydrogens (tertiary/aromatic N) is 2. The van der Waals surface area contributed by atoms with Crippen LogP contribution in [0.15, 0.2) is 30.3 Å². The molecule has 5 nitrogen and oxygen atoms in total. The van der Waals surface area contributed by atoms with Crippen molar-refractivity contribution >= 4 is 25.4 Å². The van der Waals surface area contributed by atoms with Gasteiger partial charge in [0.1, 0.15) is 0 Å². The predicted octanol–water partition coefficient (Wildman–Crippen LogP) is 6.41. The first kappa shape index (κ1) is 26.1. The molecule has 0 amide bonds. The maximum atomic E-state index is 12.0. The van der Waals surface area contributed by atoms with E-state index in [1.165, 1.54) is 11.8 Å². The monoisotopic (exact) mass is 438 g/mol. The summed E-state index contributed by atoms with van der Waals surface area (Å²) in [4.78, 5) is 12.0. The first-order valence-corrected chi connectivity index (χ1v) is 12.5. The van der Waals surface area contributed by atoms with Crippen molar-refractivity contribution < 1.29 is 13.8 Å². The van der Waals surface area contributed by atoms with E-state index < -0.39 is 8.53 Å². The first-order chi connectivity index (χ1) is 14.0. The summed E-state index contributed by atoms with van der Waals surface area (Å²) >= 11 is 1.40. The van der Waals surface area contributed by atoms with Crippen molar-refractivity contribution in [2.75, 3.05) is 19.0 Å². The van der Waals surface area contributed by atoms with Crippen molar-refractivity contribution in [1.82, 2.24) is 4.67 Å². The molecule has 0 aromatic heterocycles. The zero-order valence-corrected chi connectivity index (χ0v) is 19.9. The predicted molar refractivity (Wildman–Crippen MR) is 123 cm³/mol. The topological polar surface area (TPSA) is 62.6 Å². The number of carbonyl (C=O) groups excluding carboxylic acids is 1. The van der Waals surface area contributed by atoms with Crippen molar-refractivity contribution in [3.05, 3.63) is 35.9 Å². The van der Waals surface area contributed by atoms with Crippen LogP contribution < -0.4 is 0 Å². The molecule has 0 fully saturated rings. The molecule has 1 atom stereocenters. The third kappa shape index (κ3) is 11.1. The Bertz CT molecular complexity index is 600. The molecule has 1 aromatic carbocycles. The van der Waals surface area contributed by atoms with Gasteiger partial charge < -0.3 is 9.05 Å². The van der Waals surface area contributed by atoms with E-state index in [-0.39, 0.29) is 5.12 Å². The maximum Gasteiger partial charge on any atom is 0.259 e. The van der Waals surface area contributed by atoms with Crippen LogP contribution in [0.2, 0.25) is 0 Å². The normalized spacial score (nSPS) is 12.5. The molecule has 29 heavy (non-hydrogen) atoms. The Kier molecular flexibility index (Phi) is 14.2. The first-order valence-electron chi connectivity index (χ1n) is 10.4. The Morgan fingerprint density at radius 1 is 1.03 bits per heavy atom. The minimum absolute atomic E-state index is 0.150. The molecule has 0 aliphatic heterocycles. The molecule has 0 radical (unpaired) electrons. The summed E-state index contributed by atoms with van der Waals surface area (Å²) < 4.78 is 14.2. The largest absolute Gasteiger partial charge is 0.322 e. The van der Waals surface area contributed by atoms with E-state index in [1.54, 1.807) is 0 Å². The molecule has 0 aliphatic carbocycles. The molecule has 1 rings (SSSR count). The summed E-state index contributed by atoms with van der Waals surface area (Å²) in [5.74, 6) is 0.854. The van der Waals surface area contributed by atoms with Crippen LogP contribution >= 0.6 is 20.3 Å². The highest BCUT2D eigenvalue weighted by Gasteiger charge is 2.26. The van der Waals surface area contributed by atoms with Gasteiger partial charge in [-0.2, -0.15) is 5.26 Å². The van der Waals surface area contributed by atoms with Crippen molar-refractivity contribution in [3.8, 4) is 6.07 Å². The molecule has 0 aliphatic rings. The van der Waals surface area contributed by atoms with Crippen LogP contribution in [-0.4, -0.2) is 40.8 Å². The Hall–Kier alpha value is -0.960. The van der Waals surface area contributed by atoms with Crippen molar-refractivity contribution in [2.24, 2.45) is 0 Å². The van der Waals surface area contributed by atoms with E-state index in [2.05, 4.69) is 38.4 Å². The summed E-state index contributed by atoms with van der Waals surface area (Å²) in [5.41, 5.74) is 0.774. The van der Waals surface area contributed by atoms with E-state index >= 15 is 0 Å². The summed E-state index contributed by atoms with van der Waals surface area (Å²) in [6.07, 6.45) is 4.54. The molecule has 1 aromatic rings. The number of hydrogen-bond acceptors (Lipinski definition) is 6. The molecule has 7 heteroatoms. The Labute approximate surface area is 182 Å². The second kappa shape index (κ2) is 15.8. The highest BCUT2D eigenvalue weighted by Crippen LogP contribution is 2.46. The lowest BCUT2D eigenvalue weighted by atomic mass is 10.2. The highest BCUT2D eigenvalue weighted by atomic mass is 32.2. The number of benzene rings is 1. The standard InChI is InChI=1S/C22H35N2O3PS/c1-19(2)24(20(3)4)28(27-17-12-15-23)26-16-10-5-6-11-18-29-22(25)21-13-8-7-9-14-21/h7-9,13-14,19-20H,5-6,10-12,16-18H2,1-4H3. The Morgan fingerprint density at radius 3 is 2.28 bits per heavy atom. The molecular formula is C22H35N2O3PS. The van der Waals surface area contributed by atoms with Gasteiger partial charge in [-0.25, -0.2) is 4.67 Å². The second-order valence-electron chi connectivity index (χ2n) is 7.30.